The lowest BCUT2D eigenvalue weighted by Gasteiger charge is -2.13. The number of benzene rings is 1. The van der Waals surface area contributed by atoms with Gasteiger partial charge < -0.3 is 9.84 Å². The van der Waals surface area contributed by atoms with Crippen molar-refractivity contribution in [1.82, 2.24) is 0 Å². The molecule has 0 aromatic heterocycles. The Morgan fingerprint density at radius 2 is 2.07 bits per heavy atom. The second-order valence-electron chi connectivity index (χ2n) is 2.95. The summed E-state index contributed by atoms with van der Waals surface area (Å²) in [6.45, 7) is 4.34. The van der Waals surface area contributed by atoms with Crippen molar-refractivity contribution in [3.05, 3.63) is 40.5 Å². The molecule has 0 radical (unpaired) electrons. The normalized spacial score (nSPS) is 12.1. The van der Waals surface area contributed by atoms with Crippen molar-refractivity contribution in [3.8, 4) is 5.75 Å². The molecule has 0 bridgehead atoms. The van der Waals surface area contributed by atoms with Gasteiger partial charge in [-0.3, -0.25) is 0 Å². The molecule has 0 heterocycles. The van der Waals surface area contributed by atoms with Crippen LogP contribution in [0.2, 0.25) is 0 Å². The number of hydrogen-bond donors (Lipinski definition) is 1. The molecule has 0 aliphatic carbocycles. The van der Waals surface area contributed by atoms with E-state index in [9.17, 15) is 0 Å². The number of aliphatic hydroxyl groups is 1. The maximum Gasteiger partial charge on any atom is 0.119 e. The molecule has 76 valence electrons. The van der Waals surface area contributed by atoms with E-state index in [4.69, 9.17) is 9.84 Å². The number of ether oxygens (including phenoxy) is 1. The van der Waals surface area contributed by atoms with Crippen LogP contribution >= 0.6 is 22.6 Å². The topological polar surface area (TPSA) is 29.5 Å². The van der Waals surface area contributed by atoms with Gasteiger partial charge in [0.15, 0.2) is 0 Å². The molecule has 0 aliphatic rings. The summed E-state index contributed by atoms with van der Waals surface area (Å²) in [7, 11) is 0. The van der Waals surface area contributed by atoms with Crippen LogP contribution in [0, 0.1) is 5.92 Å². The van der Waals surface area contributed by atoms with Gasteiger partial charge in [-0.25, -0.2) is 0 Å². The highest BCUT2D eigenvalue weighted by Gasteiger charge is 2.09. The highest BCUT2D eigenvalue weighted by atomic mass is 127. The van der Waals surface area contributed by atoms with Crippen molar-refractivity contribution in [2.45, 2.75) is 0 Å². The molecule has 1 rings (SSSR count). The van der Waals surface area contributed by atoms with E-state index in [2.05, 4.69) is 29.2 Å². The van der Waals surface area contributed by atoms with Crippen LogP contribution in [0.25, 0.3) is 0 Å². The highest BCUT2D eigenvalue weighted by molar-refractivity contribution is 14.1. The van der Waals surface area contributed by atoms with Crippen LogP contribution in [0.5, 0.6) is 5.75 Å². The first-order valence-electron chi connectivity index (χ1n) is 4.37. The molecule has 0 saturated carbocycles. The van der Waals surface area contributed by atoms with E-state index < -0.39 is 0 Å². The van der Waals surface area contributed by atoms with Gasteiger partial charge in [-0.1, -0.05) is 24.8 Å². The second kappa shape index (κ2) is 6.03. The molecule has 1 unspecified atom stereocenters. The van der Waals surface area contributed by atoms with Crippen molar-refractivity contribution < 1.29 is 9.84 Å². The average Bonchev–Trinajstić information content (AvgIpc) is 2.20. The smallest absolute Gasteiger partial charge is 0.119 e. The minimum Gasteiger partial charge on any atom is -0.493 e. The Bertz CT molecular complexity index is 285. The van der Waals surface area contributed by atoms with Crippen molar-refractivity contribution >= 4 is 22.6 Å². The van der Waals surface area contributed by atoms with E-state index >= 15 is 0 Å². The molecular weight excluding hydrogens is 291 g/mol. The van der Waals surface area contributed by atoms with E-state index in [1.165, 1.54) is 0 Å². The summed E-state index contributed by atoms with van der Waals surface area (Å²) >= 11 is 2.11. The lowest BCUT2D eigenvalue weighted by molar-refractivity contribution is 0.190. The van der Waals surface area contributed by atoms with Gasteiger partial charge in [-0.2, -0.15) is 0 Å². The van der Waals surface area contributed by atoms with Crippen LogP contribution < -0.4 is 4.74 Å². The summed E-state index contributed by atoms with van der Waals surface area (Å²) in [5.74, 6) is 0.833. The molecule has 0 aliphatic heterocycles. The lowest BCUT2D eigenvalue weighted by atomic mass is 10.2. The summed E-state index contributed by atoms with van der Waals surface area (Å²) in [4.78, 5) is 0. The predicted molar refractivity (Wildman–Crippen MR) is 65.7 cm³/mol. The highest BCUT2D eigenvalue weighted by Crippen LogP contribution is 2.17. The van der Waals surface area contributed by atoms with Crippen molar-refractivity contribution in [1.29, 1.82) is 0 Å². The monoisotopic (exact) mass is 304 g/mol. The predicted octanol–water partition coefficient (Wildman–Crippen LogP) is 2.62. The van der Waals surface area contributed by atoms with E-state index in [1.807, 2.05) is 30.3 Å². The summed E-state index contributed by atoms with van der Waals surface area (Å²) in [5, 5.41) is 9.03. The standard InChI is InChI=1S/C11H13IO2/c1-9(12)10(7-13)8-14-11-5-3-2-4-6-11/h2-6,10,13H,1,7-8H2. The number of rotatable bonds is 5. The molecule has 0 spiro atoms. The third-order valence-electron chi connectivity index (χ3n) is 1.86. The van der Waals surface area contributed by atoms with Crippen LogP contribution in [0.15, 0.2) is 40.5 Å². The van der Waals surface area contributed by atoms with E-state index in [-0.39, 0.29) is 12.5 Å². The number of para-hydroxylation sites is 1. The van der Waals surface area contributed by atoms with Gasteiger partial charge in [0.2, 0.25) is 0 Å². The van der Waals surface area contributed by atoms with Gasteiger partial charge in [-0.15, -0.1) is 0 Å². The molecule has 0 fully saturated rings. The number of halogens is 1. The van der Waals surface area contributed by atoms with Crippen molar-refractivity contribution in [2.24, 2.45) is 5.92 Å². The molecule has 0 saturated heterocycles. The molecule has 1 atom stereocenters. The minimum atomic E-state index is 0.0100. The fourth-order valence-electron chi connectivity index (χ4n) is 0.956. The van der Waals surface area contributed by atoms with Gasteiger partial charge in [0, 0.05) is 5.92 Å². The van der Waals surface area contributed by atoms with Crippen LogP contribution in [-0.4, -0.2) is 18.3 Å². The fraction of sp³-hybridized carbons (Fsp3) is 0.273. The molecule has 14 heavy (non-hydrogen) atoms. The molecular formula is C11H13IO2. The Balaban J connectivity index is 2.44. The quantitative estimate of drug-likeness (QED) is 0.847. The minimum absolute atomic E-state index is 0.0100. The Labute approximate surface area is 97.7 Å². The number of aliphatic hydroxyl groups excluding tert-OH is 1. The largest absolute Gasteiger partial charge is 0.493 e. The summed E-state index contributed by atoms with van der Waals surface area (Å²) in [5.41, 5.74) is 0. The molecule has 1 aromatic rings. The van der Waals surface area contributed by atoms with Crippen molar-refractivity contribution in [3.63, 3.8) is 0 Å². The van der Waals surface area contributed by atoms with Crippen LogP contribution in [0.3, 0.4) is 0 Å². The second-order valence-corrected chi connectivity index (χ2v) is 4.34. The summed E-state index contributed by atoms with van der Waals surface area (Å²) in [6, 6.07) is 9.56. The molecule has 1 aromatic carbocycles. The zero-order valence-electron chi connectivity index (χ0n) is 7.82. The fourth-order valence-corrected chi connectivity index (χ4v) is 1.33. The zero-order chi connectivity index (χ0) is 10.4. The third kappa shape index (κ3) is 3.67. The average molecular weight is 304 g/mol. The van der Waals surface area contributed by atoms with Gasteiger partial charge in [-0.05, 0) is 38.3 Å². The lowest BCUT2D eigenvalue weighted by Crippen LogP contribution is -2.15. The molecule has 0 amide bonds. The molecule has 1 N–H and O–H groups in total. The first kappa shape index (κ1) is 11.5. The van der Waals surface area contributed by atoms with Crippen molar-refractivity contribution in [2.75, 3.05) is 13.2 Å². The molecule has 2 nitrogen and oxygen atoms in total. The first-order valence-corrected chi connectivity index (χ1v) is 5.45. The Hall–Kier alpha value is -0.550. The van der Waals surface area contributed by atoms with Gasteiger partial charge in [0.05, 0.1) is 13.2 Å². The Morgan fingerprint density at radius 1 is 1.43 bits per heavy atom. The van der Waals surface area contributed by atoms with Crippen LogP contribution in [0.4, 0.5) is 0 Å². The summed E-state index contributed by atoms with van der Waals surface area (Å²) in [6.07, 6.45) is 0. The van der Waals surface area contributed by atoms with E-state index in [0.717, 1.165) is 9.33 Å². The zero-order valence-corrected chi connectivity index (χ0v) is 9.98. The Kier molecular flexibility index (Phi) is 4.97. The van der Waals surface area contributed by atoms with E-state index in [0.29, 0.717) is 6.61 Å². The van der Waals surface area contributed by atoms with Gasteiger partial charge >= 0.3 is 0 Å². The maximum atomic E-state index is 9.03. The molecule has 3 heteroatoms. The first-order chi connectivity index (χ1) is 6.74. The SMILES string of the molecule is C=C(I)C(CO)COc1ccccc1. The number of hydrogen-bond acceptors (Lipinski definition) is 2. The van der Waals surface area contributed by atoms with E-state index in [1.54, 1.807) is 0 Å². The third-order valence-corrected chi connectivity index (χ3v) is 2.74. The van der Waals surface area contributed by atoms with Crippen LogP contribution in [-0.2, 0) is 0 Å². The van der Waals surface area contributed by atoms with Crippen LogP contribution in [0.1, 0.15) is 0 Å². The van der Waals surface area contributed by atoms with Gasteiger partial charge in [0.25, 0.3) is 0 Å². The Morgan fingerprint density at radius 3 is 2.57 bits per heavy atom. The summed E-state index contributed by atoms with van der Waals surface area (Å²) < 4.78 is 6.41. The van der Waals surface area contributed by atoms with Gasteiger partial charge in [0.1, 0.15) is 5.75 Å². The maximum absolute atomic E-state index is 9.03.